The largest absolute Gasteiger partial charge is 0.346 e. The summed E-state index contributed by atoms with van der Waals surface area (Å²) in [6.45, 7) is 0.475. The molecule has 2 atom stereocenters. The molecule has 1 aliphatic heterocycles. The summed E-state index contributed by atoms with van der Waals surface area (Å²) >= 11 is 8.76. The van der Waals surface area contributed by atoms with Crippen molar-refractivity contribution >= 4 is 27.5 Å². The number of alkyl halides is 1. The second kappa shape index (κ2) is 4.78. The van der Waals surface area contributed by atoms with E-state index in [-0.39, 0.29) is 11.9 Å². The zero-order chi connectivity index (χ0) is 10.8. The van der Waals surface area contributed by atoms with Gasteiger partial charge in [-0.1, -0.05) is 6.07 Å². The van der Waals surface area contributed by atoms with Gasteiger partial charge in [-0.15, -0.1) is 11.6 Å². The molecule has 0 bridgehead atoms. The van der Waals surface area contributed by atoms with Crippen LogP contribution in [-0.4, -0.2) is 18.6 Å². The van der Waals surface area contributed by atoms with Crippen LogP contribution in [0.3, 0.4) is 0 Å². The summed E-state index contributed by atoms with van der Waals surface area (Å²) in [4.78, 5) is 0. The van der Waals surface area contributed by atoms with Gasteiger partial charge in [0.2, 0.25) is 0 Å². The van der Waals surface area contributed by atoms with E-state index >= 15 is 0 Å². The van der Waals surface area contributed by atoms with E-state index in [1.807, 2.05) is 0 Å². The van der Waals surface area contributed by atoms with Crippen molar-refractivity contribution in [3.05, 3.63) is 34.1 Å². The Hall–Kier alpha value is -0.160. The lowest BCUT2D eigenvalue weighted by Gasteiger charge is -2.10. The zero-order valence-electron chi connectivity index (χ0n) is 7.75. The van der Waals surface area contributed by atoms with E-state index in [0.29, 0.717) is 17.0 Å². The molecule has 1 aliphatic rings. The van der Waals surface area contributed by atoms with Crippen LogP contribution in [0.4, 0.5) is 4.39 Å². The Morgan fingerprint density at radius 2 is 2.33 bits per heavy atom. The van der Waals surface area contributed by atoms with Crippen LogP contribution in [0.2, 0.25) is 0 Å². The van der Waals surface area contributed by atoms with Gasteiger partial charge in [0.05, 0.1) is 23.1 Å². The lowest BCUT2D eigenvalue weighted by molar-refractivity contribution is -0.0567. The second-order valence-electron chi connectivity index (χ2n) is 3.25. The third kappa shape index (κ3) is 2.50. The number of benzene rings is 1. The average molecular weight is 296 g/mol. The van der Waals surface area contributed by atoms with Crippen LogP contribution in [0.15, 0.2) is 22.7 Å². The quantitative estimate of drug-likeness (QED) is 0.780. The first kappa shape index (κ1) is 11.3. The number of halogens is 3. The van der Waals surface area contributed by atoms with Crippen molar-refractivity contribution in [3.63, 3.8) is 0 Å². The third-order valence-electron chi connectivity index (χ3n) is 2.14. The molecular formula is C10H9BrClFO2. The molecule has 0 aliphatic carbocycles. The Balaban J connectivity index is 2.13. The Morgan fingerprint density at radius 3 is 2.93 bits per heavy atom. The number of rotatable bonds is 2. The van der Waals surface area contributed by atoms with Gasteiger partial charge in [-0.2, -0.15) is 0 Å². The van der Waals surface area contributed by atoms with Crippen LogP contribution >= 0.6 is 27.5 Å². The maximum Gasteiger partial charge on any atom is 0.184 e. The highest BCUT2D eigenvalue weighted by Gasteiger charge is 2.26. The highest BCUT2D eigenvalue weighted by atomic mass is 79.9. The van der Waals surface area contributed by atoms with Gasteiger partial charge < -0.3 is 9.47 Å². The minimum absolute atomic E-state index is 0.0829. The van der Waals surface area contributed by atoms with Crippen LogP contribution in [0.25, 0.3) is 0 Å². The van der Waals surface area contributed by atoms with Crippen molar-refractivity contribution in [1.29, 1.82) is 0 Å². The number of ether oxygens (including phenoxy) is 2. The van der Waals surface area contributed by atoms with Gasteiger partial charge in [-0.3, -0.25) is 0 Å². The Morgan fingerprint density at radius 1 is 1.53 bits per heavy atom. The first-order valence-corrected chi connectivity index (χ1v) is 5.81. The summed E-state index contributed by atoms with van der Waals surface area (Å²) in [5.41, 5.74) is 0.788. The van der Waals surface area contributed by atoms with Crippen molar-refractivity contribution in [2.24, 2.45) is 0 Å². The van der Waals surface area contributed by atoms with Crippen LogP contribution in [-0.2, 0) is 9.47 Å². The SMILES string of the molecule is Fc1ccc(C2OCC(CCl)O2)cc1Br. The van der Waals surface area contributed by atoms with Gasteiger partial charge in [-0.05, 0) is 28.1 Å². The van der Waals surface area contributed by atoms with Crippen molar-refractivity contribution in [2.75, 3.05) is 12.5 Å². The number of hydrogen-bond acceptors (Lipinski definition) is 2. The van der Waals surface area contributed by atoms with Gasteiger partial charge in [-0.25, -0.2) is 4.39 Å². The van der Waals surface area contributed by atoms with Gasteiger partial charge in [0.15, 0.2) is 6.29 Å². The monoisotopic (exact) mass is 294 g/mol. The van der Waals surface area contributed by atoms with E-state index in [2.05, 4.69) is 15.9 Å². The molecule has 0 saturated carbocycles. The smallest absolute Gasteiger partial charge is 0.184 e. The summed E-state index contributed by atoms with van der Waals surface area (Å²) in [5.74, 6) is 0.101. The van der Waals surface area contributed by atoms with E-state index in [0.717, 1.165) is 5.56 Å². The molecule has 0 spiro atoms. The van der Waals surface area contributed by atoms with E-state index in [1.54, 1.807) is 12.1 Å². The van der Waals surface area contributed by atoms with Gasteiger partial charge in [0.1, 0.15) is 5.82 Å². The molecule has 82 valence electrons. The molecule has 0 aromatic heterocycles. The summed E-state index contributed by atoms with van der Waals surface area (Å²) in [6.07, 6.45) is -0.522. The lowest BCUT2D eigenvalue weighted by Crippen LogP contribution is -2.10. The van der Waals surface area contributed by atoms with Crippen LogP contribution in [0, 0.1) is 5.82 Å². The molecular weight excluding hydrogens is 286 g/mol. The first-order chi connectivity index (χ1) is 7.20. The van der Waals surface area contributed by atoms with E-state index in [1.165, 1.54) is 6.07 Å². The molecule has 0 N–H and O–H groups in total. The maximum atomic E-state index is 13.0. The summed E-state index contributed by atoms with van der Waals surface area (Å²) < 4.78 is 24.3. The molecule has 1 aromatic rings. The highest BCUT2D eigenvalue weighted by Crippen LogP contribution is 2.29. The molecule has 2 rings (SSSR count). The molecule has 0 amide bonds. The summed E-state index contributed by atoms with van der Waals surface area (Å²) in [6, 6.07) is 4.66. The molecule has 1 heterocycles. The van der Waals surface area contributed by atoms with Crippen LogP contribution < -0.4 is 0 Å². The van der Waals surface area contributed by atoms with Gasteiger partial charge in [0, 0.05) is 5.56 Å². The molecule has 1 saturated heterocycles. The first-order valence-electron chi connectivity index (χ1n) is 4.48. The average Bonchev–Trinajstić information content (AvgIpc) is 2.70. The normalized spacial score (nSPS) is 25.8. The van der Waals surface area contributed by atoms with E-state index < -0.39 is 6.29 Å². The predicted octanol–water partition coefficient (Wildman–Crippen LogP) is 3.24. The Kier molecular flexibility index (Phi) is 3.61. The topological polar surface area (TPSA) is 18.5 Å². The Labute approximate surface area is 100 Å². The van der Waals surface area contributed by atoms with Crippen LogP contribution in [0.5, 0.6) is 0 Å². The molecule has 0 radical (unpaired) electrons. The van der Waals surface area contributed by atoms with Crippen molar-refractivity contribution < 1.29 is 13.9 Å². The fourth-order valence-electron chi connectivity index (χ4n) is 1.36. The lowest BCUT2D eigenvalue weighted by atomic mass is 10.2. The van der Waals surface area contributed by atoms with Crippen molar-refractivity contribution in [3.8, 4) is 0 Å². The van der Waals surface area contributed by atoms with Crippen molar-refractivity contribution in [2.45, 2.75) is 12.4 Å². The molecule has 1 aromatic carbocycles. The van der Waals surface area contributed by atoms with E-state index in [9.17, 15) is 4.39 Å². The molecule has 2 nitrogen and oxygen atoms in total. The van der Waals surface area contributed by atoms with Gasteiger partial charge >= 0.3 is 0 Å². The van der Waals surface area contributed by atoms with Crippen LogP contribution in [0.1, 0.15) is 11.9 Å². The predicted molar refractivity (Wildman–Crippen MR) is 58.4 cm³/mol. The summed E-state index contributed by atoms with van der Waals surface area (Å²) in [7, 11) is 0. The number of hydrogen-bond donors (Lipinski definition) is 0. The second-order valence-corrected chi connectivity index (χ2v) is 4.41. The highest BCUT2D eigenvalue weighted by molar-refractivity contribution is 9.10. The minimum Gasteiger partial charge on any atom is -0.346 e. The zero-order valence-corrected chi connectivity index (χ0v) is 10.1. The Bertz CT molecular complexity index is 361. The molecule has 15 heavy (non-hydrogen) atoms. The van der Waals surface area contributed by atoms with E-state index in [4.69, 9.17) is 21.1 Å². The fraction of sp³-hybridized carbons (Fsp3) is 0.400. The van der Waals surface area contributed by atoms with Gasteiger partial charge in [0.25, 0.3) is 0 Å². The maximum absolute atomic E-state index is 13.0. The fourth-order valence-corrected chi connectivity index (χ4v) is 1.92. The minimum atomic E-state index is -0.439. The molecule has 2 unspecified atom stereocenters. The summed E-state index contributed by atoms with van der Waals surface area (Å²) in [5, 5.41) is 0. The van der Waals surface area contributed by atoms with Crippen molar-refractivity contribution in [1.82, 2.24) is 0 Å². The molecule has 1 fully saturated rings. The third-order valence-corrected chi connectivity index (χ3v) is 3.09. The standard InChI is InChI=1S/C10H9BrClFO2/c11-8-3-6(1-2-9(8)13)10-14-5-7(4-12)15-10/h1-3,7,10H,4-5H2. The molecule has 5 heteroatoms.